The molecule has 1 atom stereocenters. The van der Waals surface area contributed by atoms with Crippen LogP contribution in [-0.4, -0.2) is 47.9 Å². The number of rotatable bonds is 6. The maximum Gasteiger partial charge on any atom is 0.243 e. The van der Waals surface area contributed by atoms with Gasteiger partial charge in [-0.1, -0.05) is 6.07 Å². The van der Waals surface area contributed by atoms with Crippen LogP contribution < -0.4 is 10.1 Å². The number of anilines is 2. The van der Waals surface area contributed by atoms with Crippen LogP contribution in [0.1, 0.15) is 18.0 Å². The van der Waals surface area contributed by atoms with Gasteiger partial charge in [-0.05, 0) is 48.9 Å². The molecular formula is C20H21N5O3S. The van der Waals surface area contributed by atoms with Gasteiger partial charge in [0, 0.05) is 31.4 Å². The summed E-state index contributed by atoms with van der Waals surface area (Å²) in [6.45, 7) is 0.834. The molecule has 150 valence electrons. The number of aromatic nitrogens is 3. The lowest BCUT2D eigenvalue weighted by atomic mass is 10.1. The molecule has 0 aliphatic carbocycles. The quantitative estimate of drug-likeness (QED) is 0.666. The lowest BCUT2D eigenvalue weighted by molar-refractivity contribution is 0.414. The van der Waals surface area contributed by atoms with Crippen molar-refractivity contribution < 1.29 is 13.2 Å². The Balaban J connectivity index is 1.48. The van der Waals surface area contributed by atoms with E-state index in [9.17, 15) is 8.42 Å². The first-order valence-electron chi connectivity index (χ1n) is 9.21. The predicted octanol–water partition coefficient (Wildman–Crippen LogP) is 2.80. The molecule has 1 N–H and O–H groups in total. The van der Waals surface area contributed by atoms with E-state index in [1.807, 2.05) is 24.3 Å². The van der Waals surface area contributed by atoms with Crippen LogP contribution in [0.5, 0.6) is 5.75 Å². The third-order valence-electron chi connectivity index (χ3n) is 4.85. The molecule has 0 radical (unpaired) electrons. The summed E-state index contributed by atoms with van der Waals surface area (Å²) in [6, 6.07) is 13.8. The summed E-state index contributed by atoms with van der Waals surface area (Å²) >= 11 is 0. The number of nitrogens with zero attached hydrogens (tertiary/aromatic N) is 4. The zero-order valence-electron chi connectivity index (χ0n) is 15.9. The lowest BCUT2D eigenvalue weighted by Gasteiger charge is -2.17. The molecule has 8 nitrogen and oxygen atoms in total. The summed E-state index contributed by atoms with van der Waals surface area (Å²) in [5.74, 6) is 1.73. The summed E-state index contributed by atoms with van der Waals surface area (Å²) in [5, 5.41) is 3.07. The summed E-state index contributed by atoms with van der Waals surface area (Å²) in [4.78, 5) is 13.3. The molecule has 1 unspecified atom stereocenters. The van der Waals surface area contributed by atoms with Gasteiger partial charge >= 0.3 is 0 Å². The van der Waals surface area contributed by atoms with Crippen LogP contribution in [0.2, 0.25) is 0 Å². The van der Waals surface area contributed by atoms with Gasteiger partial charge in [0.25, 0.3) is 0 Å². The largest absolute Gasteiger partial charge is 0.497 e. The molecule has 1 fully saturated rings. The molecule has 1 saturated heterocycles. The second-order valence-electron chi connectivity index (χ2n) is 6.67. The van der Waals surface area contributed by atoms with E-state index in [-0.39, 0.29) is 10.8 Å². The number of methoxy groups -OCH3 is 1. The Hall–Kier alpha value is -3.04. The van der Waals surface area contributed by atoms with Crippen molar-refractivity contribution in [1.82, 2.24) is 19.3 Å². The Bertz CT molecular complexity index is 1070. The van der Waals surface area contributed by atoms with Gasteiger partial charge in [0.05, 0.1) is 17.7 Å². The molecule has 3 aromatic rings. The van der Waals surface area contributed by atoms with E-state index in [2.05, 4.69) is 20.3 Å². The summed E-state index contributed by atoms with van der Waals surface area (Å²) in [6.07, 6.45) is 4.06. The number of ether oxygens (including phenoxy) is 1. The van der Waals surface area contributed by atoms with E-state index in [0.717, 1.165) is 5.69 Å². The van der Waals surface area contributed by atoms with Gasteiger partial charge in [-0.15, -0.1) is 0 Å². The molecule has 1 aromatic carbocycles. The normalized spacial score (nSPS) is 17.2. The molecule has 0 bridgehead atoms. The van der Waals surface area contributed by atoms with Crippen molar-refractivity contribution in [2.75, 3.05) is 25.5 Å². The third-order valence-corrected chi connectivity index (χ3v) is 6.73. The first-order valence-corrected chi connectivity index (χ1v) is 10.7. The molecule has 0 spiro atoms. The maximum atomic E-state index is 13.0. The van der Waals surface area contributed by atoms with E-state index >= 15 is 0 Å². The fourth-order valence-electron chi connectivity index (χ4n) is 3.30. The molecule has 0 amide bonds. The van der Waals surface area contributed by atoms with Crippen LogP contribution >= 0.6 is 0 Å². The van der Waals surface area contributed by atoms with Crippen molar-refractivity contribution in [2.24, 2.45) is 0 Å². The minimum Gasteiger partial charge on any atom is -0.497 e. The molecule has 1 aliphatic heterocycles. The van der Waals surface area contributed by atoms with Gasteiger partial charge in [0.2, 0.25) is 16.0 Å². The van der Waals surface area contributed by atoms with Crippen molar-refractivity contribution in [1.29, 1.82) is 0 Å². The molecule has 1 aliphatic rings. The van der Waals surface area contributed by atoms with Crippen molar-refractivity contribution in [2.45, 2.75) is 17.2 Å². The maximum absolute atomic E-state index is 13.0. The molecule has 4 rings (SSSR count). The van der Waals surface area contributed by atoms with E-state index in [4.69, 9.17) is 4.74 Å². The number of benzene rings is 1. The van der Waals surface area contributed by atoms with E-state index < -0.39 is 10.0 Å². The number of hydrogen-bond donors (Lipinski definition) is 1. The molecule has 9 heteroatoms. The zero-order chi connectivity index (χ0) is 20.3. The van der Waals surface area contributed by atoms with E-state index in [1.54, 1.807) is 43.8 Å². The highest BCUT2D eigenvalue weighted by Crippen LogP contribution is 2.31. The second-order valence-corrected chi connectivity index (χ2v) is 8.61. The average Bonchev–Trinajstić information content (AvgIpc) is 3.26. The van der Waals surface area contributed by atoms with Crippen molar-refractivity contribution in [3.05, 3.63) is 66.6 Å². The fourth-order valence-corrected chi connectivity index (χ4v) is 4.80. The SMILES string of the molecule is COc1ccc(S(=O)(=O)N2CCC(c3ccnc(Nc4ccccn4)n3)C2)cc1. The first-order chi connectivity index (χ1) is 14.1. The standard InChI is InChI=1S/C20H21N5O3S/c1-28-16-5-7-17(8-6-16)29(26,27)25-13-10-15(14-25)18-9-12-22-20(23-18)24-19-4-2-3-11-21-19/h2-9,11-12,15H,10,13-14H2,1H3,(H,21,22,23,24). The summed E-state index contributed by atoms with van der Waals surface area (Å²) < 4.78 is 32.5. The minimum absolute atomic E-state index is 0.00954. The second kappa shape index (κ2) is 8.14. The van der Waals surface area contributed by atoms with Crippen LogP contribution in [-0.2, 0) is 10.0 Å². The molecule has 2 aromatic heterocycles. The number of hydrogen-bond acceptors (Lipinski definition) is 7. The highest BCUT2D eigenvalue weighted by atomic mass is 32.2. The number of sulfonamides is 1. The lowest BCUT2D eigenvalue weighted by Crippen LogP contribution is -2.28. The minimum atomic E-state index is -3.55. The Morgan fingerprint density at radius 3 is 2.62 bits per heavy atom. The number of nitrogens with one attached hydrogen (secondary N) is 1. The van der Waals surface area contributed by atoms with Gasteiger partial charge in [-0.3, -0.25) is 0 Å². The van der Waals surface area contributed by atoms with Crippen LogP contribution in [0.3, 0.4) is 0 Å². The van der Waals surface area contributed by atoms with Gasteiger partial charge in [0.15, 0.2) is 0 Å². The average molecular weight is 411 g/mol. The molecule has 0 saturated carbocycles. The fraction of sp³-hybridized carbons (Fsp3) is 0.250. The molecule has 29 heavy (non-hydrogen) atoms. The third kappa shape index (κ3) is 4.20. The smallest absolute Gasteiger partial charge is 0.243 e. The Morgan fingerprint density at radius 2 is 1.90 bits per heavy atom. The Morgan fingerprint density at radius 1 is 1.07 bits per heavy atom. The van der Waals surface area contributed by atoms with E-state index in [1.165, 1.54) is 4.31 Å². The summed E-state index contributed by atoms with van der Waals surface area (Å²) in [5.41, 5.74) is 0.811. The van der Waals surface area contributed by atoms with Crippen LogP contribution in [0, 0.1) is 0 Å². The zero-order valence-corrected chi connectivity index (χ0v) is 16.7. The van der Waals surface area contributed by atoms with E-state index in [0.29, 0.717) is 37.0 Å². The van der Waals surface area contributed by atoms with Crippen molar-refractivity contribution >= 4 is 21.8 Å². The van der Waals surface area contributed by atoms with Crippen molar-refractivity contribution in [3.63, 3.8) is 0 Å². The van der Waals surface area contributed by atoms with Gasteiger partial charge < -0.3 is 10.1 Å². The summed E-state index contributed by atoms with van der Waals surface area (Å²) in [7, 11) is -2.01. The van der Waals surface area contributed by atoms with Gasteiger partial charge in [-0.2, -0.15) is 4.31 Å². The van der Waals surface area contributed by atoms with Gasteiger partial charge in [-0.25, -0.2) is 23.4 Å². The molecule has 3 heterocycles. The highest BCUT2D eigenvalue weighted by Gasteiger charge is 2.34. The Labute approximate surface area is 169 Å². The van der Waals surface area contributed by atoms with Crippen LogP contribution in [0.4, 0.5) is 11.8 Å². The van der Waals surface area contributed by atoms with Crippen LogP contribution in [0.15, 0.2) is 65.8 Å². The number of pyridine rings is 1. The van der Waals surface area contributed by atoms with Crippen LogP contribution in [0.25, 0.3) is 0 Å². The topological polar surface area (TPSA) is 97.3 Å². The monoisotopic (exact) mass is 411 g/mol. The predicted molar refractivity (Wildman–Crippen MR) is 109 cm³/mol. The molecular weight excluding hydrogens is 390 g/mol. The van der Waals surface area contributed by atoms with Crippen molar-refractivity contribution in [3.8, 4) is 5.75 Å². The van der Waals surface area contributed by atoms with Gasteiger partial charge in [0.1, 0.15) is 11.6 Å². The first kappa shape index (κ1) is 19.3. The Kier molecular flexibility index (Phi) is 5.41. The highest BCUT2D eigenvalue weighted by molar-refractivity contribution is 7.89.